The van der Waals surface area contributed by atoms with Crippen LogP contribution >= 0.6 is 0 Å². The number of piperidine rings is 1. The number of nitrogens with zero attached hydrogens (tertiary/aromatic N) is 1. The van der Waals surface area contributed by atoms with Gasteiger partial charge in [0.2, 0.25) is 0 Å². The fourth-order valence-corrected chi connectivity index (χ4v) is 2.67. The molecule has 2 aliphatic rings. The lowest BCUT2D eigenvalue weighted by Gasteiger charge is -2.50. The second kappa shape index (κ2) is 2.78. The second-order valence-electron chi connectivity index (χ2n) is 4.38. The van der Waals surface area contributed by atoms with E-state index in [0.717, 1.165) is 18.0 Å². The van der Waals surface area contributed by atoms with Crippen LogP contribution in [0.3, 0.4) is 0 Å². The molecule has 1 aliphatic carbocycles. The molecule has 2 rings (SSSR count). The first-order valence-electron chi connectivity index (χ1n) is 5.05. The van der Waals surface area contributed by atoms with E-state index in [1.807, 2.05) is 0 Å². The van der Waals surface area contributed by atoms with Crippen LogP contribution in [0.1, 0.15) is 39.5 Å². The number of hydrogen-bond donors (Lipinski definition) is 0. The molecule has 1 saturated carbocycles. The molecule has 1 aliphatic heterocycles. The summed E-state index contributed by atoms with van der Waals surface area (Å²) in [6, 6.07) is 1.76. The quantitative estimate of drug-likeness (QED) is 0.558. The van der Waals surface area contributed by atoms with E-state index in [0.29, 0.717) is 0 Å². The summed E-state index contributed by atoms with van der Waals surface area (Å²) in [5.74, 6) is 1.08. The van der Waals surface area contributed by atoms with Gasteiger partial charge in [-0.15, -0.1) is 0 Å². The van der Waals surface area contributed by atoms with Crippen molar-refractivity contribution in [2.24, 2.45) is 5.92 Å². The van der Waals surface area contributed by atoms with Crippen molar-refractivity contribution < 1.29 is 0 Å². The Bertz CT molecular complexity index is 142. The summed E-state index contributed by atoms with van der Waals surface area (Å²) < 4.78 is 0. The van der Waals surface area contributed by atoms with Gasteiger partial charge in [0.1, 0.15) is 0 Å². The first-order valence-corrected chi connectivity index (χ1v) is 5.05. The molecule has 1 heterocycles. The topological polar surface area (TPSA) is 3.24 Å². The highest BCUT2D eigenvalue weighted by Crippen LogP contribution is 2.39. The normalized spacial score (nSPS) is 38.5. The molecule has 0 N–H and O–H groups in total. The minimum atomic E-state index is 0.781. The molecule has 0 aromatic heterocycles. The largest absolute Gasteiger partial charge is 0.298 e. The van der Waals surface area contributed by atoms with Crippen LogP contribution in [0.5, 0.6) is 0 Å². The summed E-state index contributed by atoms with van der Waals surface area (Å²) >= 11 is 0. The average Bonchev–Trinajstić information content (AvgIpc) is 1.90. The zero-order chi connectivity index (χ0) is 7.84. The van der Waals surface area contributed by atoms with Crippen molar-refractivity contribution in [1.82, 2.24) is 4.90 Å². The molecule has 2 fully saturated rings. The fraction of sp³-hybridized carbons (Fsp3) is 1.00. The lowest BCUT2D eigenvalue weighted by atomic mass is 9.73. The van der Waals surface area contributed by atoms with E-state index in [4.69, 9.17) is 0 Å². The predicted octanol–water partition coefficient (Wildman–Crippen LogP) is 2.27. The third-order valence-electron chi connectivity index (χ3n) is 3.46. The van der Waals surface area contributed by atoms with Gasteiger partial charge in [-0.2, -0.15) is 0 Å². The maximum absolute atomic E-state index is 2.71. The molecular formula is C10H19N. The number of likely N-dealkylation sites (tertiary alicyclic amines) is 1. The van der Waals surface area contributed by atoms with Gasteiger partial charge >= 0.3 is 0 Å². The molecule has 1 nitrogen and oxygen atoms in total. The van der Waals surface area contributed by atoms with Crippen LogP contribution in [-0.2, 0) is 0 Å². The average molecular weight is 153 g/mol. The SMILES string of the molecule is CC(C)N1CCCC2CCC21. The standard InChI is InChI=1S/C10H19N/c1-8(2)11-7-3-4-9-5-6-10(9)11/h8-10H,3-7H2,1-2H3. The highest BCUT2D eigenvalue weighted by Gasteiger charge is 2.38. The van der Waals surface area contributed by atoms with Gasteiger partial charge in [0.25, 0.3) is 0 Å². The van der Waals surface area contributed by atoms with Crippen LogP contribution in [0, 0.1) is 5.92 Å². The zero-order valence-corrected chi connectivity index (χ0v) is 7.71. The Balaban J connectivity index is 1.98. The Morgan fingerprint density at radius 2 is 2.00 bits per heavy atom. The summed E-state index contributed by atoms with van der Waals surface area (Å²) in [5, 5.41) is 0. The summed E-state index contributed by atoms with van der Waals surface area (Å²) in [7, 11) is 0. The maximum atomic E-state index is 2.71. The van der Waals surface area contributed by atoms with Gasteiger partial charge in [0.05, 0.1) is 0 Å². The van der Waals surface area contributed by atoms with E-state index in [2.05, 4.69) is 18.7 Å². The molecule has 0 aromatic carbocycles. The Kier molecular flexibility index (Phi) is 1.92. The minimum absolute atomic E-state index is 0.781. The van der Waals surface area contributed by atoms with Gasteiger partial charge < -0.3 is 0 Å². The molecule has 64 valence electrons. The Labute approximate surface area is 69.8 Å². The summed E-state index contributed by atoms with van der Waals surface area (Å²) in [6.45, 7) is 6.03. The Morgan fingerprint density at radius 3 is 2.45 bits per heavy atom. The number of rotatable bonds is 1. The summed E-state index contributed by atoms with van der Waals surface area (Å²) in [5.41, 5.74) is 0. The molecular weight excluding hydrogens is 134 g/mol. The number of fused-ring (bicyclic) bond motifs is 1. The zero-order valence-electron chi connectivity index (χ0n) is 7.71. The van der Waals surface area contributed by atoms with E-state index in [-0.39, 0.29) is 0 Å². The summed E-state index contributed by atoms with van der Waals surface area (Å²) in [4.78, 5) is 2.71. The summed E-state index contributed by atoms with van der Waals surface area (Å²) in [6.07, 6.45) is 5.93. The first-order chi connectivity index (χ1) is 5.29. The van der Waals surface area contributed by atoms with Crippen LogP contribution in [0.15, 0.2) is 0 Å². The predicted molar refractivity (Wildman–Crippen MR) is 47.6 cm³/mol. The van der Waals surface area contributed by atoms with Gasteiger partial charge in [0.15, 0.2) is 0 Å². The van der Waals surface area contributed by atoms with Crippen LogP contribution in [0.2, 0.25) is 0 Å². The van der Waals surface area contributed by atoms with Crippen LogP contribution in [0.4, 0.5) is 0 Å². The molecule has 1 heteroatoms. The highest BCUT2D eigenvalue weighted by molar-refractivity contribution is 4.93. The van der Waals surface area contributed by atoms with Gasteiger partial charge in [-0.05, 0) is 52.0 Å². The fourth-order valence-electron chi connectivity index (χ4n) is 2.67. The van der Waals surface area contributed by atoms with Gasteiger partial charge in [-0.25, -0.2) is 0 Å². The van der Waals surface area contributed by atoms with Crippen molar-refractivity contribution in [3.8, 4) is 0 Å². The highest BCUT2D eigenvalue weighted by atomic mass is 15.2. The van der Waals surface area contributed by atoms with Crippen molar-refractivity contribution in [3.63, 3.8) is 0 Å². The second-order valence-corrected chi connectivity index (χ2v) is 4.38. The third-order valence-corrected chi connectivity index (χ3v) is 3.46. The molecule has 1 saturated heterocycles. The number of hydrogen-bond acceptors (Lipinski definition) is 1. The van der Waals surface area contributed by atoms with Gasteiger partial charge in [-0.1, -0.05) is 0 Å². The Morgan fingerprint density at radius 1 is 1.18 bits per heavy atom. The molecule has 0 radical (unpaired) electrons. The molecule has 2 unspecified atom stereocenters. The van der Waals surface area contributed by atoms with E-state index < -0.39 is 0 Å². The van der Waals surface area contributed by atoms with Crippen LogP contribution in [0.25, 0.3) is 0 Å². The third kappa shape index (κ3) is 1.20. The van der Waals surface area contributed by atoms with Crippen molar-refractivity contribution in [1.29, 1.82) is 0 Å². The molecule has 0 spiro atoms. The molecule has 2 atom stereocenters. The smallest absolute Gasteiger partial charge is 0.0126 e. The van der Waals surface area contributed by atoms with E-state index >= 15 is 0 Å². The van der Waals surface area contributed by atoms with Crippen molar-refractivity contribution in [2.75, 3.05) is 6.54 Å². The lowest BCUT2D eigenvalue weighted by Crippen LogP contribution is -2.53. The molecule has 0 bridgehead atoms. The molecule has 0 aromatic rings. The van der Waals surface area contributed by atoms with Crippen molar-refractivity contribution in [3.05, 3.63) is 0 Å². The van der Waals surface area contributed by atoms with Gasteiger partial charge in [0, 0.05) is 12.1 Å². The van der Waals surface area contributed by atoms with Crippen LogP contribution in [-0.4, -0.2) is 23.5 Å². The first kappa shape index (κ1) is 7.60. The molecule has 0 amide bonds. The van der Waals surface area contributed by atoms with Crippen molar-refractivity contribution >= 4 is 0 Å². The van der Waals surface area contributed by atoms with Crippen LogP contribution < -0.4 is 0 Å². The lowest BCUT2D eigenvalue weighted by molar-refractivity contribution is -0.000246. The maximum Gasteiger partial charge on any atom is 0.0126 e. The van der Waals surface area contributed by atoms with E-state index in [9.17, 15) is 0 Å². The van der Waals surface area contributed by atoms with Crippen molar-refractivity contribution in [2.45, 2.75) is 51.6 Å². The minimum Gasteiger partial charge on any atom is -0.298 e. The van der Waals surface area contributed by atoms with E-state index in [1.54, 1.807) is 0 Å². The van der Waals surface area contributed by atoms with Gasteiger partial charge in [-0.3, -0.25) is 4.90 Å². The monoisotopic (exact) mass is 153 g/mol. The Hall–Kier alpha value is -0.0400. The van der Waals surface area contributed by atoms with E-state index in [1.165, 1.54) is 32.2 Å². The molecule has 11 heavy (non-hydrogen) atoms.